The van der Waals surface area contributed by atoms with Crippen LogP contribution in [0.5, 0.6) is 0 Å². The van der Waals surface area contributed by atoms with Gasteiger partial charge in [0.25, 0.3) is 0 Å². The van der Waals surface area contributed by atoms with E-state index in [1.165, 1.54) is 0 Å². The third-order valence-electron chi connectivity index (χ3n) is 6.00. The molecule has 0 spiro atoms. The fourth-order valence-corrected chi connectivity index (χ4v) is 4.03. The van der Waals surface area contributed by atoms with Gasteiger partial charge in [0.05, 0.1) is 18.6 Å². The Labute approximate surface area is 206 Å². The van der Waals surface area contributed by atoms with Crippen LogP contribution in [0.4, 0.5) is 0 Å². The number of hydrogen-bond donors (Lipinski definition) is 2. The van der Waals surface area contributed by atoms with Gasteiger partial charge in [-0.05, 0) is 30.4 Å². The molecular formula is C28H34N2O5. The molecule has 2 aromatic rings. The molecule has 1 aliphatic rings. The molecule has 2 amide bonds. The van der Waals surface area contributed by atoms with Crippen LogP contribution >= 0.6 is 0 Å². The number of rotatable bonds is 7. The summed E-state index contributed by atoms with van der Waals surface area (Å²) in [6.45, 7) is 0.442. The van der Waals surface area contributed by atoms with E-state index >= 15 is 0 Å². The Hall–Kier alpha value is -3.45. The first-order valence-electron chi connectivity index (χ1n) is 12.2. The predicted octanol–water partition coefficient (Wildman–Crippen LogP) is 3.54. The van der Waals surface area contributed by atoms with Crippen LogP contribution in [0, 0.1) is 5.92 Å². The predicted molar refractivity (Wildman–Crippen MR) is 133 cm³/mol. The van der Waals surface area contributed by atoms with Crippen LogP contribution in [0.25, 0.3) is 0 Å². The lowest BCUT2D eigenvalue weighted by Crippen LogP contribution is -2.40. The molecule has 0 aliphatic carbocycles. The van der Waals surface area contributed by atoms with Crippen molar-refractivity contribution in [3.63, 3.8) is 0 Å². The van der Waals surface area contributed by atoms with Gasteiger partial charge in [-0.25, -0.2) is 0 Å². The van der Waals surface area contributed by atoms with Crippen molar-refractivity contribution in [2.24, 2.45) is 5.92 Å². The molecule has 2 N–H and O–H groups in total. The number of nitrogens with zero attached hydrogens (tertiary/aromatic N) is 1. The molecule has 186 valence electrons. The van der Waals surface area contributed by atoms with Crippen molar-refractivity contribution >= 4 is 17.8 Å². The molecule has 0 saturated heterocycles. The van der Waals surface area contributed by atoms with Gasteiger partial charge in [0.1, 0.15) is 6.61 Å². The quantitative estimate of drug-likeness (QED) is 0.469. The van der Waals surface area contributed by atoms with Crippen LogP contribution in [0.3, 0.4) is 0 Å². The number of carbonyl (C=O) groups is 3. The lowest BCUT2D eigenvalue weighted by atomic mass is 9.97. The lowest BCUT2D eigenvalue weighted by Gasteiger charge is -2.26. The van der Waals surface area contributed by atoms with Crippen LogP contribution in [0.2, 0.25) is 0 Å². The van der Waals surface area contributed by atoms with E-state index in [9.17, 15) is 19.5 Å². The van der Waals surface area contributed by atoms with E-state index in [1.54, 1.807) is 4.90 Å². The minimum atomic E-state index is -0.585. The van der Waals surface area contributed by atoms with Gasteiger partial charge < -0.3 is 20.1 Å². The Morgan fingerprint density at radius 1 is 1.03 bits per heavy atom. The number of hydrogen-bond acceptors (Lipinski definition) is 5. The number of esters is 1. The lowest BCUT2D eigenvalue weighted by molar-refractivity contribution is -0.145. The molecule has 2 unspecified atom stereocenters. The number of ether oxygens (including phenoxy) is 1. The van der Waals surface area contributed by atoms with E-state index < -0.39 is 12.0 Å². The van der Waals surface area contributed by atoms with Crippen molar-refractivity contribution in [3.8, 4) is 0 Å². The molecule has 35 heavy (non-hydrogen) atoms. The number of aliphatic hydroxyl groups excluding tert-OH is 1. The summed E-state index contributed by atoms with van der Waals surface area (Å²) < 4.78 is 5.44. The molecule has 0 fully saturated rings. The average Bonchev–Trinajstić information content (AvgIpc) is 2.89. The van der Waals surface area contributed by atoms with Crippen molar-refractivity contribution in [2.45, 2.75) is 44.7 Å². The van der Waals surface area contributed by atoms with Crippen molar-refractivity contribution < 1.29 is 24.2 Å². The number of nitrogens with one attached hydrogen (secondary N) is 1. The third kappa shape index (κ3) is 8.68. The number of allylic oxidation sites excluding steroid dienone is 2. The Kier molecular flexibility index (Phi) is 10.5. The van der Waals surface area contributed by atoms with Crippen molar-refractivity contribution in [1.82, 2.24) is 10.2 Å². The van der Waals surface area contributed by atoms with Crippen molar-refractivity contribution in [1.29, 1.82) is 0 Å². The standard InChI is InChI=1S/C28H34N2O5/c31-18-17-30(20-22-11-5-3-6-12-22)26(32)19-24-15-7-1-2-10-16-27(33)35-21-25(29-28(24)34)23-13-8-4-9-14-23/h1,3-9,11-14,24-25,31H,2,10,15-21H2,(H,29,34). The molecule has 0 aromatic heterocycles. The topological polar surface area (TPSA) is 95.9 Å². The Bertz CT molecular complexity index is 977. The van der Waals surface area contributed by atoms with E-state index in [0.29, 0.717) is 32.2 Å². The summed E-state index contributed by atoms with van der Waals surface area (Å²) in [4.78, 5) is 40.3. The van der Waals surface area contributed by atoms with Crippen LogP contribution in [-0.4, -0.2) is 47.5 Å². The molecular weight excluding hydrogens is 444 g/mol. The molecule has 0 radical (unpaired) electrons. The summed E-state index contributed by atoms with van der Waals surface area (Å²) in [7, 11) is 0. The molecule has 2 aromatic carbocycles. The second-order valence-corrected chi connectivity index (χ2v) is 8.68. The van der Waals surface area contributed by atoms with E-state index in [-0.39, 0.29) is 44.0 Å². The van der Waals surface area contributed by atoms with Crippen LogP contribution in [0.1, 0.15) is 49.3 Å². The first-order chi connectivity index (χ1) is 17.1. The normalized spacial score (nSPS) is 19.5. The fraction of sp³-hybridized carbons (Fsp3) is 0.393. The molecule has 0 bridgehead atoms. The summed E-state index contributed by atoms with van der Waals surface area (Å²) in [5.41, 5.74) is 1.79. The maximum atomic E-state index is 13.4. The summed E-state index contributed by atoms with van der Waals surface area (Å²) >= 11 is 0. The first kappa shape index (κ1) is 26.2. The summed E-state index contributed by atoms with van der Waals surface area (Å²) in [6.07, 6.45) is 5.96. The Morgan fingerprint density at radius 3 is 2.46 bits per heavy atom. The molecule has 1 heterocycles. The zero-order valence-electron chi connectivity index (χ0n) is 20.0. The van der Waals surface area contributed by atoms with Gasteiger partial charge >= 0.3 is 5.97 Å². The van der Waals surface area contributed by atoms with Gasteiger partial charge in [-0.2, -0.15) is 0 Å². The molecule has 7 nitrogen and oxygen atoms in total. The monoisotopic (exact) mass is 478 g/mol. The van der Waals surface area contributed by atoms with Crippen LogP contribution in [-0.2, 0) is 25.7 Å². The summed E-state index contributed by atoms with van der Waals surface area (Å²) in [6, 6.07) is 18.4. The largest absolute Gasteiger partial charge is 0.463 e. The second-order valence-electron chi connectivity index (χ2n) is 8.68. The highest BCUT2D eigenvalue weighted by Gasteiger charge is 2.27. The smallest absolute Gasteiger partial charge is 0.305 e. The number of aliphatic hydroxyl groups is 1. The van der Waals surface area contributed by atoms with Gasteiger partial charge in [-0.15, -0.1) is 0 Å². The highest BCUT2D eigenvalue weighted by atomic mass is 16.5. The van der Waals surface area contributed by atoms with E-state index in [4.69, 9.17) is 4.74 Å². The SMILES string of the molecule is O=C1CCCC=CCC(CC(=O)N(CCO)Cc2ccccc2)C(=O)NC(c2ccccc2)CO1. The van der Waals surface area contributed by atoms with Crippen LogP contribution < -0.4 is 5.32 Å². The minimum Gasteiger partial charge on any atom is -0.463 e. The number of amides is 2. The van der Waals surface area contributed by atoms with Gasteiger partial charge in [-0.3, -0.25) is 14.4 Å². The van der Waals surface area contributed by atoms with E-state index in [0.717, 1.165) is 11.1 Å². The Balaban J connectivity index is 1.77. The summed E-state index contributed by atoms with van der Waals surface area (Å²) in [5.74, 6) is -1.34. The third-order valence-corrected chi connectivity index (χ3v) is 6.00. The maximum absolute atomic E-state index is 13.4. The maximum Gasteiger partial charge on any atom is 0.305 e. The molecule has 7 heteroatoms. The van der Waals surface area contributed by atoms with Gasteiger partial charge in [-0.1, -0.05) is 72.8 Å². The molecule has 0 saturated carbocycles. The number of benzene rings is 2. The zero-order chi connectivity index (χ0) is 24.9. The highest BCUT2D eigenvalue weighted by Crippen LogP contribution is 2.20. The summed E-state index contributed by atoms with van der Waals surface area (Å²) in [5, 5.41) is 12.5. The second kappa shape index (κ2) is 14.1. The molecule has 1 aliphatic heterocycles. The first-order valence-corrected chi connectivity index (χ1v) is 12.2. The minimum absolute atomic E-state index is 0.0182. The van der Waals surface area contributed by atoms with Crippen molar-refractivity contribution in [3.05, 3.63) is 83.9 Å². The number of cyclic esters (lactones) is 1. The zero-order valence-corrected chi connectivity index (χ0v) is 20.0. The van der Waals surface area contributed by atoms with Gasteiger partial charge in [0.15, 0.2) is 0 Å². The van der Waals surface area contributed by atoms with Gasteiger partial charge in [0, 0.05) is 25.9 Å². The average molecular weight is 479 g/mol. The van der Waals surface area contributed by atoms with Crippen molar-refractivity contribution in [2.75, 3.05) is 19.8 Å². The highest BCUT2D eigenvalue weighted by molar-refractivity contribution is 5.86. The van der Waals surface area contributed by atoms with Gasteiger partial charge in [0.2, 0.25) is 11.8 Å². The number of carbonyl (C=O) groups excluding carboxylic acids is 3. The van der Waals surface area contributed by atoms with E-state index in [1.807, 2.05) is 72.8 Å². The van der Waals surface area contributed by atoms with Crippen LogP contribution in [0.15, 0.2) is 72.8 Å². The fourth-order valence-electron chi connectivity index (χ4n) is 4.03. The Morgan fingerprint density at radius 2 is 1.74 bits per heavy atom. The molecule has 2 atom stereocenters. The molecule has 3 rings (SSSR count). The van der Waals surface area contributed by atoms with E-state index in [2.05, 4.69) is 5.32 Å².